The average molecular weight is 1600 g/mol. The van der Waals surface area contributed by atoms with E-state index in [2.05, 4.69) is 149 Å². The molecule has 0 aromatic heterocycles. The van der Waals surface area contributed by atoms with E-state index in [1.165, 1.54) is 150 Å². The van der Waals surface area contributed by atoms with Gasteiger partial charge in [-0.25, -0.2) is 14.4 Å². The Labute approximate surface area is 731 Å². The first kappa shape index (κ1) is 115. The summed E-state index contributed by atoms with van der Waals surface area (Å²) in [6.07, 6.45) is 50.9. The van der Waals surface area contributed by atoms with Crippen molar-refractivity contribution in [1.29, 1.82) is 0 Å². The standard InChI is InChI=1S/C23H32O4.C22H30O5.C20H28O2.C13H20O.C11H17NO4.CH3.ClH.K.Mg.H2O/c1-16(12-13-20-18(3)9-8-14-23(20,4)5)10-11-17(2)15-19(21(24)26-6)22(25)27-7;1-15(14-18(20(24)26-5)21(25)27-6)9-10-17(23)11-12-19-16(2)8-7-13-22(19,3)4;1-15(8-9-16(2)11-13-19(21)22)10-12-18-17(3)7-6-14-20(18,4)5;1-10-6-5-9-13(3,4)12(10)8-7-11(2)14;1-8(7-12(2)3)6-9(10(13)15-4)11(14)16-5;;;;;/h9-13,15,19H,8,14H2,1-7H3;9-12,14,18H,7-8,13H2,1-6H3;8-13H,6-7,14H2,1-5H3,(H,21,22);7-8H,5-6,9H2,1-4H3;6-7H,1-5H3;1H3;1H;;;1H2/q;;;;;-1;;+1;+2;/p-2/b11-10+,16-12+,17-15+,20-13-;10-9+,12-11+,15-14+;12-10+,13-11+,15-8+,16-9+;2*8-7+;;;;;. The molecule has 4 aliphatic carbocycles. The summed E-state index contributed by atoms with van der Waals surface area (Å²) in [4.78, 5) is 105. The van der Waals surface area contributed by atoms with Crippen molar-refractivity contribution in [3.05, 3.63) is 219 Å². The van der Waals surface area contributed by atoms with E-state index < -0.39 is 53.6 Å². The van der Waals surface area contributed by atoms with Gasteiger partial charge in [0.2, 0.25) is 0 Å². The molecule has 0 spiro atoms. The number of esters is 6. The van der Waals surface area contributed by atoms with E-state index >= 15 is 0 Å². The topological polar surface area (TPSA) is 262 Å². The Morgan fingerprint density at radius 2 is 0.802 bits per heavy atom. The molecule has 0 radical (unpaired) electrons. The van der Waals surface area contributed by atoms with Crippen molar-refractivity contribution in [3.8, 4) is 0 Å². The van der Waals surface area contributed by atoms with Gasteiger partial charge >= 0.3 is 116 Å². The van der Waals surface area contributed by atoms with E-state index in [4.69, 9.17) is 5.11 Å². The number of aliphatic carboxylic acids is 1. The van der Waals surface area contributed by atoms with Gasteiger partial charge in [-0.05, 0) is 221 Å². The fraction of sp³-hybridized carbons (Fsp3) is 0.489. The molecule has 0 aromatic rings. The van der Waals surface area contributed by atoms with Gasteiger partial charge in [-0.15, -0.1) is 0 Å². The Hall–Kier alpha value is -6.60. The summed E-state index contributed by atoms with van der Waals surface area (Å²) in [6, 6.07) is 0. The molecule has 4 rings (SSSR count). The predicted molar refractivity (Wildman–Crippen MR) is 442 cm³/mol. The fourth-order valence-corrected chi connectivity index (χ4v) is 12.5. The number of carbonyl (C=O) groups excluding carboxylic acids is 8. The minimum Gasteiger partial charge on any atom is -1.00 e. The van der Waals surface area contributed by atoms with E-state index in [0.717, 1.165) is 59.6 Å². The predicted octanol–water partition coefficient (Wildman–Crippen LogP) is 13.1. The van der Waals surface area contributed by atoms with Crippen LogP contribution in [0, 0.1) is 40.9 Å². The van der Waals surface area contributed by atoms with Gasteiger partial charge in [-0.3, -0.25) is 28.8 Å². The third kappa shape index (κ3) is 45.2. The Kier molecular flexibility index (Phi) is 60.5. The molecule has 0 heterocycles. The van der Waals surface area contributed by atoms with Gasteiger partial charge in [-0.2, -0.15) is 0 Å². The zero-order valence-corrected chi connectivity index (χ0v) is 77.9. The molecule has 0 bridgehead atoms. The fourth-order valence-electron chi connectivity index (χ4n) is 12.5. The summed E-state index contributed by atoms with van der Waals surface area (Å²) in [6.45, 7) is 39.7. The first-order valence-corrected chi connectivity index (χ1v) is 36.1. The summed E-state index contributed by atoms with van der Waals surface area (Å²) in [7, 11) is 11.0. The third-order valence-corrected chi connectivity index (χ3v) is 18.5. The number of methoxy groups -OCH3 is 6. The van der Waals surface area contributed by atoms with E-state index in [-0.39, 0.29) is 139 Å². The third-order valence-electron chi connectivity index (χ3n) is 18.5. The molecule has 0 saturated carbocycles. The van der Waals surface area contributed by atoms with Crippen LogP contribution in [0.15, 0.2) is 211 Å². The molecule has 21 heteroatoms. The van der Waals surface area contributed by atoms with E-state index in [1.807, 2.05) is 71.3 Å². The van der Waals surface area contributed by atoms with Crippen molar-refractivity contribution < 1.29 is 146 Å². The Morgan fingerprint density at radius 3 is 1.14 bits per heavy atom. The summed E-state index contributed by atoms with van der Waals surface area (Å²) in [5.74, 6) is -7.24. The number of carboxylic acid groups (broad SMARTS) is 1. The Bertz CT molecular complexity index is 3670. The maximum absolute atomic E-state index is 12.2. The maximum Gasteiger partial charge on any atom is 2.00 e. The number of nitrogens with zero attached hydrogens (tertiary/aromatic N) is 1. The molecule has 0 fully saturated rings. The number of allylic oxidation sites excluding steroid dienone is 31. The minimum absolute atomic E-state index is 0. The molecule has 111 heavy (non-hydrogen) atoms. The van der Waals surface area contributed by atoms with Crippen LogP contribution in [-0.2, 0) is 71.6 Å². The van der Waals surface area contributed by atoms with Gasteiger partial charge in [0.15, 0.2) is 23.4 Å². The monoisotopic (exact) mass is 1600 g/mol. The van der Waals surface area contributed by atoms with Crippen LogP contribution in [0.4, 0.5) is 0 Å². The molecule has 608 valence electrons. The van der Waals surface area contributed by atoms with E-state index in [0.29, 0.717) is 5.57 Å². The van der Waals surface area contributed by atoms with Crippen LogP contribution in [0.1, 0.15) is 202 Å². The second-order valence-electron chi connectivity index (χ2n) is 30.0. The number of ketones is 2. The number of rotatable bonds is 24. The van der Waals surface area contributed by atoms with Crippen molar-refractivity contribution in [2.24, 2.45) is 33.5 Å². The van der Waals surface area contributed by atoms with Gasteiger partial charge in [0.1, 0.15) is 5.57 Å². The number of carbonyl (C=O) groups is 9. The summed E-state index contributed by atoms with van der Waals surface area (Å²) in [5.41, 5.74) is 16.9. The van der Waals surface area contributed by atoms with Crippen molar-refractivity contribution in [2.45, 2.75) is 202 Å². The quantitative estimate of drug-likeness (QED) is 0.0138. The second kappa shape index (κ2) is 58.3. The number of halogens is 1. The summed E-state index contributed by atoms with van der Waals surface area (Å²) >= 11 is 0. The summed E-state index contributed by atoms with van der Waals surface area (Å²) < 4.78 is 27.5. The number of carboxylic acids is 1. The van der Waals surface area contributed by atoms with Crippen molar-refractivity contribution >= 4 is 76.4 Å². The van der Waals surface area contributed by atoms with Gasteiger partial charge in [0.25, 0.3) is 0 Å². The van der Waals surface area contributed by atoms with Gasteiger partial charge < -0.3 is 63.7 Å². The zero-order chi connectivity index (χ0) is 81.5. The summed E-state index contributed by atoms with van der Waals surface area (Å²) in [5, 5.41) is 8.60. The van der Waals surface area contributed by atoms with Crippen molar-refractivity contribution in [3.63, 3.8) is 0 Å². The molecule has 0 aromatic carbocycles. The van der Waals surface area contributed by atoms with E-state index in [1.54, 1.807) is 62.3 Å². The number of hydrogen-bond acceptors (Lipinski definition) is 17. The van der Waals surface area contributed by atoms with Crippen LogP contribution in [0.2, 0.25) is 0 Å². The molecule has 18 nitrogen and oxygen atoms in total. The van der Waals surface area contributed by atoms with Crippen molar-refractivity contribution in [2.75, 3.05) is 56.8 Å². The SMILES string of the molecule is CC(=O)/C=C/C1=C(C)CCCC1(C)C.CC1=C(/C=C/C(C)=C/C=C(C)/C=C/C(=O)O)C(C)(C)CCC1.COC(=O)C(/C=C(C)/C=C/C(=O)/C=C/C1=C(C)CCCC1(C)C)C(=O)OC.COC(=O)C(/C=C(C)/C=C/C(C)=C/C=C1/C(C)=CCCC1(C)C)C(=O)OC.COC(=O)C(=C/C(C)=C/N(C)C)C(=O)OC.[CH3-].[Cl-].[K+].[Mg+2].[OH-]. The van der Waals surface area contributed by atoms with Crippen molar-refractivity contribution in [1.82, 2.24) is 4.90 Å². The molecule has 0 saturated heterocycles. The molecule has 0 aliphatic heterocycles. The van der Waals surface area contributed by atoms with Gasteiger partial charge in [0.05, 0.1) is 42.7 Å². The van der Waals surface area contributed by atoms with Crippen LogP contribution in [-0.4, -0.2) is 149 Å². The minimum atomic E-state index is -1.15. The normalized spacial score (nSPS) is 17.3. The van der Waals surface area contributed by atoms with Gasteiger partial charge in [-0.1, -0.05) is 197 Å². The average Bonchev–Trinajstić information content (AvgIpc) is 0.847. The zero-order valence-electron chi connectivity index (χ0n) is 72.6. The first-order chi connectivity index (χ1) is 49.3. The Balaban J connectivity index is -0.000000313. The molecule has 2 N–H and O–H groups in total. The van der Waals surface area contributed by atoms with Gasteiger partial charge in [0, 0.05) is 26.4 Å². The second-order valence-corrected chi connectivity index (χ2v) is 30.0. The largest absolute Gasteiger partial charge is 2.00 e. The van der Waals surface area contributed by atoms with Crippen LogP contribution in [0.25, 0.3) is 0 Å². The molecular formula is C90H131ClKMgNO17. The maximum atomic E-state index is 12.2. The van der Waals surface area contributed by atoms with Crippen LogP contribution in [0.3, 0.4) is 0 Å². The molecule has 0 atom stereocenters. The smallest absolute Gasteiger partial charge is 1.00 e. The van der Waals surface area contributed by atoms with E-state index in [9.17, 15) is 43.2 Å². The Morgan fingerprint density at radius 1 is 0.459 bits per heavy atom. The molecule has 0 unspecified atom stereocenters. The molecule has 4 aliphatic rings. The first-order valence-electron chi connectivity index (χ1n) is 36.1. The number of ether oxygens (including phenoxy) is 6. The molecule has 0 amide bonds. The van der Waals surface area contributed by atoms with Crippen LogP contribution >= 0.6 is 0 Å². The number of hydrogen-bond donors (Lipinski definition) is 1. The molecular weight excluding hydrogens is 1470 g/mol. The van der Waals surface area contributed by atoms with Crippen LogP contribution < -0.4 is 63.8 Å². The van der Waals surface area contributed by atoms with Crippen LogP contribution in [0.5, 0.6) is 0 Å².